The Bertz CT molecular complexity index is 473. The van der Waals surface area contributed by atoms with Crippen molar-refractivity contribution in [3.8, 4) is 0 Å². The molecule has 0 aromatic carbocycles. The van der Waals surface area contributed by atoms with Crippen molar-refractivity contribution < 1.29 is 9.21 Å². The lowest BCUT2D eigenvalue weighted by atomic mass is 10.2. The minimum Gasteiger partial charge on any atom is -0.460 e. The molecule has 2 aromatic rings. The Morgan fingerprint density at radius 3 is 2.57 bits per heavy atom. The molecule has 0 unspecified atom stereocenters. The first-order valence-corrected chi connectivity index (χ1v) is 6.12. The highest BCUT2D eigenvalue weighted by Crippen LogP contribution is 2.27. The van der Waals surface area contributed by atoms with Gasteiger partial charge in [0.1, 0.15) is 0 Å². The third kappa shape index (κ3) is 1.85. The van der Waals surface area contributed by atoms with E-state index in [0.717, 1.165) is 3.79 Å². The molecule has 0 N–H and O–H groups in total. The Morgan fingerprint density at radius 1 is 1.29 bits per heavy atom. The molecule has 0 radical (unpaired) electrons. The highest BCUT2D eigenvalue weighted by atomic mass is 79.9. The van der Waals surface area contributed by atoms with Gasteiger partial charge in [-0.3, -0.25) is 4.79 Å². The summed E-state index contributed by atoms with van der Waals surface area (Å²) in [7, 11) is 0. The summed E-state index contributed by atoms with van der Waals surface area (Å²) >= 11 is 7.94. The van der Waals surface area contributed by atoms with E-state index >= 15 is 0 Å². The smallest absolute Gasteiger partial charge is 0.239 e. The second kappa shape index (κ2) is 4.00. The van der Waals surface area contributed by atoms with Crippen LogP contribution in [0.25, 0.3) is 0 Å². The van der Waals surface area contributed by atoms with Crippen LogP contribution < -0.4 is 0 Å². The summed E-state index contributed by atoms with van der Waals surface area (Å²) in [6, 6.07) is 5.32. The average molecular weight is 336 g/mol. The van der Waals surface area contributed by atoms with E-state index in [4.69, 9.17) is 4.42 Å². The maximum Gasteiger partial charge on any atom is 0.239 e. The van der Waals surface area contributed by atoms with Crippen LogP contribution in [0.1, 0.15) is 15.4 Å². The van der Waals surface area contributed by atoms with Crippen LogP contribution in [0.3, 0.4) is 0 Å². The largest absolute Gasteiger partial charge is 0.460 e. The zero-order valence-corrected chi connectivity index (χ0v) is 10.8. The Kier molecular flexibility index (Phi) is 2.90. The van der Waals surface area contributed by atoms with Gasteiger partial charge in [-0.2, -0.15) is 0 Å². The lowest BCUT2D eigenvalue weighted by Gasteiger charge is -1.92. The van der Waals surface area contributed by atoms with Crippen molar-refractivity contribution in [2.24, 2.45) is 0 Å². The number of furan rings is 1. The molecule has 0 atom stereocenters. The van der Waals surface area contributed by atoms with Crippen LogP contribution in [0.15, 0.2) is 37.1 Å². The van der Waals surface area contributed by atoms with Gasteiger partial charge in [-0.1, -0.05) is 0 Å². The third-order valence-electron chi connectivity index (χ3n) is 1.62. The van der Waals surface area contributed by atoms with Gasteiger partial charge < -0.3 is 4.42 Å². The molecular formula is C9H4Br2O2S. The number of halogens is 2. The molecule has 2 heterocycles. The van der Waals surface area contributed by atoms with Crippen LogP contribution in [0, 0.1) is 0 Å². The monoisotopic (exact) mass is 334 g/mol. The predicted molar refractivity (Wildman–Crippen MR) is 61.9 cm³/mol. The highest BCUT2D eigenvalue weighted by molar-refractivity contribution is 9.11. The van der Waals surface area contributed by atoms with Gasteiger partial charge in [0.15, 0.2) is 5.76 Å². The maximum atomic E-state index is 11.8. The molecule has 0 saturated heterocycles. The topological polar surface area (TPSA) is 30.2 Å². The highest BCUT2D eigenvalue weighted by Gasteiger charge is 2.17. The van der Waals surface area contributed by atoms with Crippen LogP contribution in [0.2, 0.25) is 0 Å². The Labute approximate surface area is 101 Å². The van der Waals surface area contributed by atoms with E-state index in [9.17, 15) is 4.79 Å². The van der Waals surface area contributed by atoms with Gasteiger partial charge in [0.2, 0.25) is 5.78 Å². The second-order valence-electron chi connectivity index (χ2n) is 2.53. The molecule has 0 aliphatic rings. The summed E-state index contributed by atoms with van der Waals surface area (Å²) in [6.07, 6.45) is 1.49. The van der Waals surface area contributed by atoms with E-state index in [0.29, 0.717) is 15.1 Å². The quantitative estimate of drug-likeness (QED) is 0.773. The molecule has 0 aliphatic heterocycles. The van der Waals surface area contributed by atoms with Crippen LogP contribution in [0.5, 0.6) is 0 Å². The lowest BCUT2D eigenvalue weighted by molar-refractivity contribution is 0.101. The van der Waals surface area contributed by atoms with Crippen molar-refractivity contribution in [3.63, 3.8) is 0 Å². The first-order chi connectivity index (χ1) is 6.68. The fourth-order valence-electron chi connectivity index (χ4n) is 1.00. The first kappa shape index (κ1) is 10.1. The summed E-state index contributed by atoms with van der Waals surface area (Å²) in [5, 5.41) is 0. The minimum absolute atomic E-state index is 0.0995. The summed E-state index contributed by atoms with van der Waals surface area (Å²) in [6.45, 7) is 0. The van der Waals surface area contributed by atoms with Gasteiger partial charge in [-0.15, -0.1) is 11.3 Å². The average Bonchev–Trinajstić information content (AvgIpc) is 2.73. The molecule has 0 amide bonds. The van der Waals surface area contributed by atoms with E-state index in [1.165, 1.54) is 17.6 Å². The van der Waals surface area contributed by atoms with E-state index < -0.39 is 0 Å². The van der Waals surface area contributed by atoms with Crippen LogP contribution in [-0.4, -0.2) is 5.78 Å². The number of thiophene rings is 1. The summed E-state index contributed by atoms with van der Waals surface area (Å²) in [5.41, 5.74) is 0. The summed E-state index contributed by atoms with van der Waals surface area (Å²) in [5.74, 6) is 0.247. The number of rotatable bonds is 2. The molecule has 14 heavy (non-hydrogen) atoms. The van der Waals surface area contributed by atoms with Gasteiger partial charge >= 0.3 is 0 Å². The molecule has 0 fully saturated rings. The zero-order valence-electron chi connectivity index (χ0n) is 6.79. The van der Waals surface area contributed by atoms with E-state index in [1.54, 1.807) is 12.1 Å². The number of ketones is 1. The van der Waals surface area contributed by atoms with Crippen LogP contribution in [-0.2, 0) is 0 Å². The van der Waals surface area contributed by atoms with Crippen LogP contribution >= 0.6 is 43.2 Å². The Balaban J connectivity index is 2.38. The Morgan fingerprint density at radius 2 is 2.07 bits per heavy atom. The van der Waals surface area contributed by atoms with E-state index in [2.05, 4.69) is 31.9 Å². The van der Waals surface area contributed by atoms with Crippen molar-refractivity contribution >= 4 is 49.0 Å². The molecular weight excluding hydrogens is 332 g/mol. The molecule has 0 bridgehead atoms. The van der Waals surface area contributed by atoms with Crippen molar-refractivity contribution in [1.82, 2.24) is 0 Å². The SMILES string of the molecule is O=C(c1ccc(Br)s1)c1occc1Br. The molecule has 0 aliphatic carbocycles. The van der Waals surface area contributed by atoms with Gasteiger partial charge in [-0.05, 0) is 50.1 Å². The fraction of sp³-hybridized carbons (Fsp3) is 0. The van der Waals surface area contributed by atoms with Crippen molar-refractivity contribution in [1.29, 1.82) is 0 Å². The number of carbonyl (C=O) groups excluding carboxylic acids is 1. The van der Waals surface area contributed by atoms with Gasteiger partial charge in [-0.25, -0.2) is 0 Å². The normalized spacial score (nSPS) is 10.4. The zero-order chi connectivity index (χ0) is 10.1. The second-order valence-corrected chi connectivity index (χ2v) is 5.85. The van der Waals surface area contributed by atoms with Crippen molar-refractivity contribution in [2.75, 3.05) is 0 Å². The molecule has 2 aromatic heterocycles. The third-order valence-corrected chi connectivity index (χ3v) is 3.87. The Hall–Kier alpha value is -0.390. The maximum absolute atomic E-state index is 11.8. The molecule has 0 spiro atoms. The van der Waals surface area contributed by atoms with Gasteiger partial charge in [0, 0.05) is 0 Å². The van der Waals surface area contributed by atoms with Crippen molar-refractivity contribution in [2.45, 2.75) is 0 Å². The summed E-state index contributed by atoms with van der Waals surface area (Å²) in [4.78, 5) is 12.5. The number of hydrogen-bond acceptors (Lipinski definition) is 3. The lowest BCUT2D eigenvalue weighted by Crippen LogP contribution is -1.96. The standard InChI is InChI=1S/C9H4Br2O2S/c10-5-3-4-13-9(5)8(12)6-1-2-7(11)14-6/h1-4H. The predicted octanol–water partition coefficient (Wildman–Crippen LogP) is 4.10. The molecule has 2 nitrogen and oxygen atoms in total. The molecule has 0 saturated carbocycles. The number of carbonyl (C=O) groups is 1. The van der Waals surface area contributed by atoms with Gasteiger partial charge in [0.25, 0.3) is 0 Å². The fourth-order valence-corrected chi connectivity index (χ4v) is 2.71. The van der Waals surface area contributed by atoms with Gasteiger partial charge in [0.05, 0.1) is 19.4 Å². The first-order valence-electron chi connectivity index (χ1n) is 3.71. The van der Waals surface area contributed by atoms with E-state index in [-0.39, 0.29) is 5.78 Å². The van der Waals surface area contributed by atoms with Crippen LogP contribution in [0.4, 0.5) is 0 Å². The van der Waals surface area contributed by atoms with Crippen molar-refractivity contribution in [3.05, 3.63) is 43.4 Å². The number of hydrogen-bond donors (Lipinski definition) is 0. The van der Waals surface area contributed by atoms with E-state index in [1.807, 2.05) is 6.07 Å². The molecule has 5 heteroatoms. The molecule has 72 valence electrons. The molecule has 2 rings (SSSR count). The summed E-state index contributed by atoms with van der Waals surface area (Å²) < 4.78 is 6.71. The minimum atomic E-state index is -0.0995.